The molecular weight excluding hydrogens is 1400 g/mol. The molecule has 0 spiro atoms. The number of aliphatic hydroxyl groups excluding tert-OH is 2. The lowest BCUT2D eigenvalue weighted by Crippen LogP contribution is -2.50. The van der Waals surface area contributed by atoms with Crippen molar-refractivity contribution >= 4 is 121 Å². The van der Waals surface area contributed by atoms with Crippen LogP contribution in [0.3, 0.4) is 0 Å². The molecule has 10 heterocycles. The Balaban J connectivity index is 0.857. The Bertz CT molecular complexity index is 4450. The van der Waals surface area contributed by atoms with Crippen LogP contribution in [-0.4, -0.2) is 189 Å². The highest BCUT2D eigenvalue weighted by atomic mass is 32.2. The standard InChI is InChI=1S/C67H69N15O12S6/c1-32-48(83)25-82-54(32)65-77-47(31-99-65)62-73-43(27-96-62)52-39(17-18-40(70-52)61-75-44(29-97-61)56(87)69-37-13-11-36(12-14-37)67(92)93)60-74-45(28-95-60)57(88)71-41(24-49(68)84)63-79-51(33(2)100-63)59(90)78-53(55(86)35-7-5-4-6-8-35)64-76-46(30-98-64)58(89)72-42(66(82)91)23-34-9-15-38(16-10-34)94-26-50(85)81-21-19-80(3)20-22-81/h4-10,15-18,27,29-32,36-37,41-42,45,48,53-55,83,86H,11-14,19-26,28H2,1-3H3,(H2,68,84)(H,69,87)(H,71,88)(H,72,89)(H,78,90)(H,92,93)/t32-,36?,37?,41-,42-,45?,48-,53-,54-,55+/m0/s1. The number of thioether (sulfide) groups is 1. The van der Waals surface area contributed by atoms with Gasteiger partial charge in [-0.1, -0.05) is 49.4 Å². The molecular formula is C67H69N15O12S6. The molecule has 0 radical (unpaired) electrons. The van der Waals surface area contributed by atoms with Crippen molar-refractivity contribution in [2.75, 3.05) is 52.1 Å². The smallest absolute Gasteiger partial charge is 0.306 e. The number of carboxylic acid groups (broad SMARTS) is 1. The maximum atomic E-state index is 15.5. The third-order valence-corrected chi connectivity index (χ3v) is 24.0. The first kappa shape index (κ1) is 69.7. The first-order chi connectivity index (χ1) is 48.2. The van der Waals surface area contributed by atoms with Crippen molar-refractivity contribution in [3.05, 3.63) is 142 Å². The number of primary amides is 1. The predicted molar refractivity (Wildman–Crippen MR) is 377 cm³/mol. The maximum absolute atomic E-state index is 15.5. The summed E-state index contributed by atoms with van der Waals surface area (Å²) in [7, 11) is 2.01. The fourth-order valence-corrected chi connectivity index (χ4v) is 18.2. The lowest BCUT2D eigenvalue weighted by molar-refractivity contribution is -0.143. The average Bonchev–Trinajstić information content (AvgIpc) is 1.60. The van der Waals surface area contributed by atoms with Gasteiger partial charge in [-0.05, 0) is 75.0 Å². The highest BCUT2D eigenvalue weighted by Crippen LogP contribution is 2.43. The summed E-state index contributed by atoms with van der Waals surface area (Å²) in [5.74, 6) is -5.15. The number of amides is 7. The van der Waals surface area contributed by atoms with E-state index in [9.17, 15) is 48.9 Å². The zero-order valence-electron chi connectivity index (χ0n) is 54.1. The van der Waals surface area contributed by atoms with Crippen molar-refractivity contribution in [3.8, 4) is 38.5 Å². The van der Waals surface area contributed by atoms with Gasteiger partial charge in [0.1, 0.15) is 94.2 Å². The molecule has 7 amide bonds. The van der Waals surface area contributed by atoms with E-state index in [4.69, 9.17) is 40.4 Å². The van der Waals surface area contributed by atoms with Gasteiger partial charge in [0.2, 0.25) is 17.7 Å². The van der Waals surface area contributed by atoms with Gasteiger partial charge in [0.15, 0.2) is 6.61 Å². The van der Waals surface area contributed by atoms with Crippen LogP contribution in [0.15, 0.2) is 93.2 Å². The van der Waals surface area contributed by atoms with E-state index >= 15 is 4.79 Å². The largest absolute Gasteiger partial charge is 0.484 e. The van der Waals surface area contributed by atoms with Crippen molar-refractivity contribution in [1.29, 1.82) is 0 Å². The van der Waals surface area contributed by atoms with Gasteiger partial charge in [-0.2, -0.15) is 0 Å². The zero-order valence-corrected chi connectivity index (χ0v) is 59.0. The first-order valence-electron chi connectivity index (χ1n) is 32.3. The van der Waals surface area contributed by atoms with Crippen LogP contribution in [0.4, 0.5) is 0 Å². The van der Waals surface area contributed by atoms with Gasteiger partial charge in [-0.15, -0.1) is 68.4 Å². The Morgan fingerprint density at radius 3 is 2.20 bits per heavy atom. The molecule has 1 aliphatic carbocycles. The number of rotatable bonds is 13. The van der Waals surface area contributed by atoms with Crippen molar-refractivity contribution in [2.24, 2.45) is 22.6 Å². The Morgan fingerprint density at radius 2 is 1.45 bits per heavy atom. The number of aliphatic carboxylic acids is 1. The van der Waals surface area contributed by atoms with Gasteiger partial charge in [0, 0.05) is 88.8 Å². The summed E-state index contributed by atoms with van der Waals surface area (Å²) in [5.41, 5.74) is 8.93. The second-order valence-electron chi connectivity index (χ2n) is 25.1. The van der Waals surface area contributed by atoms with Crippen molar-refractivity contribution < 1.29 is 58.4 Å². The molecule has 13 rings (SSSR count). The number of aliphatic hydroxyl groups is 2. The first-order valence-corrected chi connectivity index (χ1v) is 37.7. The van der Waals surface area contributed by atoms with E-state index in [1.165, 1.54) is 56.1 Å². The van der Waals surface area contributed by atoms with E-state index in [1.54, 1.807) is 89.3 Å². The third-order valence-electron chi connectivity index (χ3n) is 18.3. The highest BCUT2D eigenvalue weighted by Gasteiger charge is 2.46. The fraction of sp³-hybridized carbons (Fsp3) is 0.388. The normalized spacial score (nSPS) is 23.3. The number of carbonyl (C=O) groups excluding carboxylic acids is 7. The van der Waals surface area contributed by atoms with Crippen LogP contribution in [0, 0.1) is 18.8 Å². The zero-order chi connectivity index (χ0) is 70.0. The van der Waals surface area contributed by atoms with Crippen LogP contribution in [-0.2, 0) is 30.4 Å². The number of nitrogens with two attached hydrogens (primary N) is 1. The molecule has 520 valence electrons. The van der Waals surface area contributed by atoms with E-state index in [0.29, 0.717) is 109 Å². The molecule has 1 unspecified atom stereocenters. The monoisotopic (exact) mass is 1470 g/mol. The molecule has 2 aromatic carbocycles. The molecule has 9 N–H and O–H groups in total. The number of likely N-dealkylation sites (N-methyl/N-ethyl adjacent to an activating group) is 1. The third kappa shape index (κ3) is 15.4. The topological polar surface area (TPSA) is 380 Å². The Morgan fingerprint density at radius 1 is 0.740 bits per heavy atom. The molecule has 6 aromatic heterocycles. The molecule has 8 atom stereocenters. The minimum Gasteiger partial charge on any atom is -0.484 e. The van der Waals surface area contributed by atoms with Crippen LogP contribution in [0.1, 0.15) is 131 Å². The number of ether oxygens (including phenoxy) is 1. The number of pyridine rings is 1. The Hall–Kier alpha value is -8.80. The average molecular weight is 1470 g/mol. The second kappa shape index (κ2) is 30.2. The number of carbonyl (C=O) groups is 8. The summed E-state index contributed by atoms with van der Waals surface area (Å²) >= 11 is 7.10. The summed E-state index contributed by atoms with van der Waals surface area (Å²) in [4.78, 5) is 151. The van der Waals surface area contributed by atoms with E-state index in [-0.39, 0.29) is 70.8 Å². The van der Waals surface area contributed by atoms with Crippen LogP contribution >= 0.6 is 68.4 Å². The van der Waals surface area contributed by atoms with Gasteiger partial charge >= 0.3 is 5.97 Å². The number of carboxylic acids is 1. The van der Waals surface area contributed by atoms with Crippen LogP contribution in [0.2, 0.25) is 0 Å². The molecule has 2 saturated heterocycles. The van der Waals surface area contributed by atoms with Crippen LogP contribution in [0.5, 0.6) is 5.75 Å². The van der Waals surface area contributed by atoms with Crippen molar-refractivity contribution in [3.63, 3.8) is 0 Å². The fourth-order valence-electron chi connectivity index (χ4n) is 12.6. The summed E-state index contributed by atoms with van der Waals surface area (Å²) in [6.07, 6.45) is -0.920. The number of fused-ring (bicyclic) bond motifs is 15. The lowest BCUT2D eigenvalue weighted by atomic mass is 9.86. The highest BCUT2D eigenvalue weighted by molar-refractivity contribution is 8.14. The number of hydrogen-bond donors (Lipinski definition) is 8. The Kier molecular flexibility index (Phi) is 21.0. The number of nitrogens with one attached hydrogen (secondary N) is 4. The number of hydrogen-bond acceptors (Lipinski definition) is 25. The molecule has 8 aromatic rings. The minimum atomic E-state index is -1.43. The van der Waals surface area contributed by atoms with Gasteiger partial charge < -0.3 is 61.8 Å². The summed E-state index contributed by atoms with van der Waals surface area (Å²) in [6.45, 7) is 5.88. The van der Waals surface area contributed by atoms with Gasteiger partial charge in [-0.3, -0.25) is 43.3 Å². The number of piperazine rings is 1. The molecule has 100 heavy (non-hydrogen) atoms. The molecule has 5 aliphatic rings. The molecule has 1 saturated carbocycles. The second-order valence-corrected chi connectivity index (χ2v) is 30.9. The molecule has 3 fully saturated rings. The number of nitrogens with zero attached hydrogens (tertiary/aromatic N) is 10. The van der Waals surface area contributed by atoms with E-state index in [2.05, 4.69) is 31.2 Å². The number of benzene rings is 2. The Labute approximate surface area is 597 Å². The SMILES string of the molecule is Cc1sc2nc1C(=O)N[C@@H]([C@H](O)c1ccccc1)c1nc(cs1)C(=O)N[C@@H](Cc1ccc(OCC(=O)N3CCN(C)CC3)cc1)C(=O)N1C[C@H](O)[C@H](C)[C@H]1c1nc(cs1)-c1nc(cs1)-c1nc(-c3nc(C(=O)NC4CCC(C(=O)O)CC4)cs3)ccc1C1=NC(CS1)C(=O)N[C@H]2CC(N)=O. The van der Waals surface area contributed by atoms with Crippen LogP contribution in [0.25, 0.3) is 32.8 Å². The molecule has 27 nitrogen and oxygen atoms in total. The van der Waals surface area contributed by atoms with Crippen LogP contribution < -0.4 is 31.7 Å². The van der Waals surface area contributed by atoms with Gasteiger partial charge in [0.05, 0.1) is 36.2 Å². The van der Waals surface area contributed by atoms with Crippen molar-refractivity contribution in [2.45, 2.75) is 101 Å². The number of aromatic nitrogens is 6. The summed E-state index contributed by atoms with van der Waals surface area (Å²) in [5, 5.41) is 54.0. The summed E-state index contributed by atoms with van der Waals surface area (Å²) < 4.78 is 5.93. The van der Waals surface area contributed by atoms with Gasteiger partial charge in [0.25, 0.3) is 23.6 Å². The maximum Gasteiger partial charge on any atom is 0.306 e. The lowest BCUT2D eigenvalue weighted by Gasteiger charge is -2.32. The molecule has 10 bridgehead atoms. The van der Waals surface area contributed by atoms with Crippen molar-refractivity contribution in [1.82, 2.24) is 65.9 Å². The minimum absolute atomic E-state index is 0.0503. The molecule has 4 aliphatic heterocycles. The number of thiazole rings is 5. The predicted octanol–water partition coefficient (Wildman–Crippen LogP) is 6.23. The number of aliphatic imine (C=N–C) groups is 1. The summed E-state index contributed by atoms with van der Waals surface area (Å²) in [6, 6.07) is 13.3. The molecule has 33 heteroatoms. The van der Waals surface area contributed by atoms with E-state index in [1.807, 2.05) is 19.4 Å². The quantitative estimate of drug-likeness (QED) is 0.0633. The number of aryl methyl sites for hydroxylation is 1. The van der Waals surface area contributed by atoms with E-state index in [0.717, 1.165) is 35.8 Å². The van der Waals surface area contributed by atoms with Gasteiger partial charge in [-0.25, -0.2) is 29.9 Å². The van der Waals surface area contributed by atoms with E-state index < -0.39 is 95.7 Å².